The molecule has 1 N–H and O–H groups in total. The molecule has 6 heteroatoms. The van der Waals surface area contributed by atoms with Crippen LogP contribution in [0.4, 0.5) is 0 Å². The molecule has 19 heavy (non-hydrogen) atoms. The molecule has 112 valence electrons. The molecular formula is C13H27N3O2S. The second kappa shape index (κ2) is 5.68. The van der Waals surface area contributed by atoms with E-state index in [1.54, 1.807) is 20.8 Å². The van der Waals surface area contributed by atoms with Crippen LogP contribution in [0.15, 0.2) is 0 Å². The molecule has 0 unspecified atom stereocenters. The lowest BCUT2D eigenvalue weighted by molar-refractivity contribution is 0.0757. The van der Waals surface area contributed by atoms with Crippen molar-refractivity contribution >= 4 is 9.84 Å². The van der Waals surface area contributed by atoms with Crippen LogP contribution in [0, 0.1) is 0 Å². The lowest BCUT2D eigenvalue weighted by atomic mass is 10.1. The maximum atomic E-state index is 12.1. The van der Waals surface area contributed by atoms with Crippen molar-refractivity contribution in [2.24, 2.45) is 0 Å². The Labute approximate surface area is 117 Å². The number of piperazine rings is 1. The van der Waals surface area contributed by atoms with Crippen molar-refractivity contribution in [3.05, 3.63) is 0 Å². The van der Waals surface area contributed by atoms with Crippen molar-refractivity contribution in [1.29, 1.82) is 0 Å². The normalized spacial score (nSPS) is 24.4. The Morgan fingerprint density at radius 2 is 1.68 bits per heavy atom. The van der Waals surface area contributed by atoms with Gasteiger partial charge < -0.3 is 5.32 Å². The van der Waals surface area contributed by atoms with Crippen molar-refractivity contribution in [3.8, 4) is 0 Å². The molecular weight excluding hydrogens is 262 g/mol. The third-order valence-electron chi connectivity index (χ3n) is 4.29. The molecule has 5 nitrogen and oxygen atoms in total. The maximum absolute atomic E-state index is 12.1. The van der Waals surface area contributed by atoms with Crippen LogP contribution in [0.1, 0.15) is 20.8 Å². The van der Waals surface area contributed by atoms with Gasteiger partial charge in [-0.3, -0.25) is 9.80 Å². The highest BCUT2D eigenvalue weighted by molar-refractivity contribution is 7.92. The van der Waals surface area contributed by atoms with Crippen LogP contribution in [0.3, 0.4) is 0 Å². The summed E-state index contributed by atoms with van der Waals surface area (Å²) in [6, 6.07) is 0.709. The summed E-state index contributed by atoms with van der Waals surface area (Å²) in [5, 5.41) is 3.30. The molecule has 0 amide bonds. The Morgan fingerprint density at radius 1 is 1.11 bits per heavy atom. The Hall–Kier alpha value is -0.170. The smallest absolute Gasteiger partial charge is 0.156 e. The van der Waals surface area contributed by atoms with Gasteiger partial charge in [-0.1, -0.05) is 0 Å². The van der Waals surface area contributed by atoms with Gasteiger partial charge in [0.05, 0.1) is 10.5 Å². The lowest BCUT2D eigenvalue weighted by Crippen LogP contribution is -2.61. The van der Waals surface area contributed by atoms with Crippen LogP contribution in [0.25, 0.3) is 0 Å². The maximum Gasteiger partial charge on any atom is 0.156 e. The summed E-state index contributed by atoms with van der Waals surface area (Å²) in [6.45, 7) is 12.4. The summed E-state index contributed by atoms with van der Waals surface area (Å²) in [6.07, 6.45) is 0. The van der Waals surface area contributed by atoms with Gasteiger partial charge in [-0.15, -0.1) is 0 Å². The lowest BCUT2D eigenvalue weighted by Gasteiger charge is -2.43. The SMILES string of the molecule is CC(C)(C)S(=O)(=O)CCN1CCN(C2CNC2)CC1. The fourth-order valence-corrected chi connectivity index (χ4v) is 3.55. The third kappa shape index (κ3) is 3.68. The molecule has 2 aliphatic rings. The van der Waals surface area contributed by atoms with E-state index in [9.17, 15) is 8.42 Å². The Kier molecular flexibility index (Phi) is 4.55. The first kappa shape index (κ1) is 15.2. The molecule has 0 aliphatic carbocycles. The monoisotopic (exact) mass is 289 g/mol. The molecule has 2 heterocycles. The van der Waals surface area contributed by atoms with Crippen molar-refractivity contribution in [3.63, 3.8) is 0 Å². The van der Waals surface area contributed by atoms with Crippen molar-refractivity contribution in [2.75, 3.05) is 51.6 Å². The molecule has 0 radical (unpaired) electrons. The molecule has 0 aromatic rings. The first-order valence-corrected chi connectivity index (χ1v) is 8.84. The number of hydrogen-bond donors (Lipinski definition) is 1. The molecule has 0 saturated carbocycles. The van der Waals surface area contributed by atoms with E-state index in [-0.39, 0.29) is 5.75 Å². The van der Waals surface area contributed by atoms with E-state index in [4.69, 9.17) is 0 Å². The van der Waals surface area contributed by atoms with Crippen LogP contribution >= 0.6 is 0 Å². The first-order valence-electron chi connectivity index (χ1n) is 7.19. The average Bonchev–Trinajstić information content (AvgIpc) is 2.24. The summed E-state index contributed by atoms with van der Waals surface area (Å²) >= 11 is 0. The van der Waals surface area contributed by atoms with Gasteiger partial charge in [0.1, 0.15) is 0 Å². The van der Waals surface area contributed by atoms with Crippen molar-refractivity contribution < 1.29 is 8.42 Å². The van der Waals surface area contributed by atoms with E-state index in [0.29, 0.717) is 12.6 Å². The van der Waals surface area contributed by atoms with Gasteiger partial charge in [0.15, 0.2) is 9.84 Å². The fraction of sp³-hybridized carbons (Fsp3) is 1.00. The molecule has 2 rings (SSSR count). The molecule has 0 spiro atoms. The predicted octanol–water partition coefficient (Wildman–Crippen LogP) is -0.211. The Bertz CT molecular complexity index is 391. The number of hydrogen-bond acceptors (Lipinski definition) is 5. The van der Waals surface area contributed by atoms with E-state index in [1.807, 2.05) is 0 Å². The topological polar surface area (TPSA) is 52.7 Å². The summed E-state index contributed by atoms with van der Waals surface area (Å²) in [4.78, 5) is 4.80. The molecule has 2 saturated heterocycles. The molecule has 2 aliphatic heterocycles. The van der Waals surface area contributed by atoms with Crippen LogP contribution in [-0.2, 0) is 9.84 Å². The van der Waals surface area contributed by atoms with Crippen LogP contribution < -0.4 is 5.32 Å². The second-order valence-electron chi connectivity index (χ2n) is 6.62. The number of nitrogens with one attached hydrogen (secondary N) is 1. The first-order chi connectivity index (χ1) is 8.79. The number of sulfone groups is 1. The van der Waals surface area contributed by atoms with Crippen LogP contribution in [0.2, 0.25) is 0 Å². The molecule has 0 aromatic heterocycles. The minimum atomic E-state index is -2.99. The third-order valence-corrected chi connectivity index (χ3v) is 6.88. The summed E-state index contributed by atoms with van der Waals surface area (Å²) in [5.74, 6) is 0.279. The van der Waals surface area contributed by atoms with Gasteiger partial charge in [-0.25, -0.2) is 8.42 Å². The van der Waals surface area contributed by atoms with E-state index in [2.05, 4.69) is 15.1 Å². The quantitative estimate of drug-likeness (QED) is 0.776. The van der Waals surface area contributed by atoms with E-state index >= 15 is 0 Å². The van der Waals surface area contributed by atoms with Crippen LogP contribution in [-0.4, -0.2) is 80.6 Å². The highest BCUT2D eigenvalue weighted by Gasteiger charge is 2.31. The van der Waals surface area contributed by atoms with E-state index in [0.717, 1.165) is 39.3 Å². The standard InChI is InChI=1S/C13H27N3O2S/c1-13(2,3)19(17,18)9-8-15-4-6-16(7-5-15)12-10-14-11-12/h12,14H,4-11H2,1-3H3. The van der Waals surface area contributed by atoms with Gasteiger partial charge in [0, 0.05) is 51.9 Å². The Morgan fingerprint density at radius 3 is 2.11 bits per heavy atom. The van der Waals surface area contributed by atoms with Gasteiger partial charge in [-0.2, -0.15) is 0 Å². The van der Waals surface area contributed by atoms with Crippen molar-refractivity contribution in [2.45, 2.75) is 31.6 Å². The van der Waals surface area contributed by atoms with E-state index < -0.39 is 14.6 Å². The van der Waals surface area contributed by atoms with Gasteiger partial charge in [0.2, 0.25) is 0 Å². The Balaban J connectivity index is 1.74. The average molecular weight is 289 g/mol. The summed E-state index contributed by atoms with van der Waals surface area (Å²) in [5.41, 5.74) is 0. The highest BCUT2D eigenvalue weighted by Crippen LogP contribution is 2.16. The number of rotatable bonds is 4. The zero-order chi connectivity index (χ0) is 14.1. The minimum absolute atomic E-state index is 0.279. The minimum Gasteiger partial charge on any atom is -0.314 e. The van der Waals surface area contributed by atoms with E-state index in [1.165, 1.54) is 0 Å². The summed E-state index contributed by atoms with van der Waals surface area (Å²) < 4.78 is 23.5. The second-order valence-corrected chi connectivity index (χ2v) is 9.48. The van der Waals surface area contributed by atoms with Crippen LogP contribution in [0.5, 0.6) is 0 Å². The van der Waals surface area contributed by atoms with Gasteiger partial charge in [0.25, 0.3) is 0 Å². The zero-order valence-electron chi connectivity index (χ0n) is 12.4. The summed E-state index contributed by atoms with van der Waals surface area (Å²) in [7, 11) is -2.99. The molecule has 2 fully saturated rings. The van der Waals surface area contributed by atoms with Gasteiger partial charge >= 0.3 is 0 Å². The predicted molar refractivity (Wildman–Crippen MR) is 78.2 cm³/mol. The zero-order valence-corrected chi connectivity index (χ0v) is 13.2. The molecule has 0 aromatic carbocycles. The largest absolute Gasteiger partial charge is 0.314 e. The molecule has 0 bridgehead atoms. The number of nitrogens with zero attached hydrogens (tertiary/aromatic N) is 2. The van der Waals surface area contributed by atoms with Gasteiger partial charge in [-0.05, 0) is 20.8 Å². The fourth-order valence-electron chi connectivity index (χ4n) is 2.44. The molecule has 0 atom stereocenters. The highest BCUT2D eigenvalue weighted by atomic mass is 32.2. The van der Waals surface area contributed by atoms with Crippen molar-refractivity contribution in [1.82, 2.24) is 15.1 Å².